The molecule has 0 bridgehead atoms. The number of carboxylic acid groups (broad SMARTS) is 1. The van der Waals surface area contributed by atoms with Gasteiger partial charge in [0.1, 0.15) is 12.2 Å². The Kier molecular flexibility index (Phi) is 7.45. The lowest BCUT2D eigenvalue weighted by Crippen LogP contribution is -2.52. The van der Waals surface area contributed by atoms with Gasteiger partial charge in [0.25, 0.3) is 5.91 Å². The lowest BCUT2D eigenvalue weighted by molar-refractivity contribution is -0.184. The molecular formula is C23H23Cl2N5O4. The summed E-state index contributed by atoms with van der Waals surface area (Å²) in [6.07, 6.45) is -1.12. The number of hydrogen-bond acceptors (Lipinski definition) is 6. The predicted octanol–water partition coefficient (Wildman–Crippen LogP) is 4.53. The van der Waals surface area contributed by atoms with Gasteiger partial charge in [0.15, 0.2) is 5.82 Å². The maximum absolute atomic E-state index is 13.8. The highest BCUT2D eigenvalue weighted by molar-refractivity contribution is 6.30. The van der Waals surface area contributed by atoms with Crippen LogP contribution in [0.5, 0.6) is 0 Å². The lowest BCUT2D eigenvalue weighted by atomic mass is 9.89. The fraction of sp³-hybridized carbons (Fsp3) is 0.348. The van der Waals surface area contributed by atoms with Gasteiger partial charge in [0.2, 0.25) is 0 Å². The molecule has 2 aromatic carbocycles. The van der Waals surface area contributed by atoms with E-state index in [0.29, 0.717) is 27.9 Å². The molecule has 3 aromatic rings. The molecule has 1 saturated heterocycles. The number of nitrogens with one attached hydrogen (secondary N) is 1. The smallest absolute Gasteiger partial charge is 0.306 e. The van der Waals surface area contributed by atoms with Crippen molar-refractivity contribution >= 4 is 35.1 Å². The first-order chi connectivity index (χ1) is 16.4. The standard InChI is InChI=1S/C23H23Cl2N5O4/c1-2-4-17(22-26-28-29-27-22)30-20(13-7-9-15(24)10-8-13)21(14-5-3-6-16(25)11-14)34-18(23(30)33)12-19(31)32/h3,5-11,17-18,20-21H,2,4,12H2,1H3,(H,31,32)(H,26,27,28,29)/t17-,18+,20-,21+/m0/s1. The van der Waals surface area contributed by atoms with Crippen molar-refractivity contribution in [3.63, 3.8) is 0 Å². The number of aromatic amines is 1. The zero-order valence-corrected chi connectivity index (χ0v) is 19.8. The van der Waals surface area contributed by atoms with Gasteiger partial charge in [-0.15, -0.1) is 10.2 Å². The maximum atomic E-state index is 13.8. The van der Waals surface area contributed by atoms with Crippen molar-refractivity contribution < 1.29 is 19.4 Å². The zero-order chi connectivity index (χ0) is 24.2. The van der Waals surface area contributed by atoms with Crippen molar-refractivity contribution in [3.8, 4) is 0 Å². The molecule has 178 valence electrons. The number of carbonyl (C=O) groups is 2. The average molecular weight is 504 g/mol. The molecule has 4 rings (SSSR count). The van der Waals surface area contributed by atoms with Crippen LogP contribution in [0.4, 0.5) is 0 Å². The van der Waals surface area contributed by atoms with Crippen molar-refractivity contribution in [2.75, 3.05) is 0 Å². The number of amides is 1. The van der Waals surface area contributed by atoms with E-state index in [4.69, 9.17) is 27.9 Å². The Labute approximate surface area is 206 Å². The Bertz CT molecular complexity index is 1140. The number of carbonyl (C=O) groups excluding carboxylic acids is 1. The Morgan fingerprint density at radius 3 is 2.56 bits per heavy atom. The average Bonchev–Trinajstić information content (AvgIpc) is 3.34. The number of morpholine rings is 1. The first-order valence-corrected chi connectivity index (χ1v) is 11.6. The lowest BCUT2D eigenvalue weighted by Gasteiger charge is -2.47. The van der Waals surface area contributed by atoms with Crippen LogP contribution in [0, 0.1) is 0 Å². The van der Waals surface area contributed by atoms with Crippen LogP contribution in [-0.4, -0.2) is 48.6 Å². The summed E-state index contributed by atoms with van der Waals surface area (Å²) < 4.78 is 6.20. The van der Waals surface area contributed by atoms with Gasteiger partial charge in [0.05, 0.1) is 18.5 Å². The van der Waals surface area contributed by atoms with Crippen LogP contribution in [0.25, 0.3) is 0 Å². The molecule has 2 N–H and O–H groups in total. The first kappa shape index (κ1) is 24.1. The summed E-state index contributed by atoms with van der Waals surface area (Å²) in [4.78, 5) is 27.0. The third kappa shape index (κ3) is 5.06. The highest BCUT2D eigenvalue weighted by atomic mass is 35.5. The summed E-state index contributed by atoms with van der Waals surface area (Å²) >= 11 is 12.4. The minimum Gasteiger partial charge on any atom is -0.481 e. The van der Waals surface area contributed by atoms with Crippen molar-refractivity contribution in [1.29, 1.82) is 0 Å². The second kappa shape index (κ2) is 10.5. The third-order valence-corrected chi connectivity index (χ3v) is 6.22. The highest BCUT2D eigenvalue weighted by Gasteiger charge is 2.48. The summed E-state index contributed by atoms with van der Waals surface area (Å²) in [6, 6.07) is 13.1. The molecule has 1 aromatic heterocycles. The molecule has 9 nitrogen and oxygen atoms in total. The van der Waals surface area contributed by atoms with E-state index in [1.54, 1.807) is 35.2 Å². The van der Waals surface area contributed by atoms with E-state index < -0.39 is 42.6 Å². The van der Waals surface area contributed by atoms with Gasteiger partial charge in [-0.1, -0.05) is 66.0 Å². The van der Waals surface area contributed by atoms with E-state index in [1.807, 2.05) is 25.1 Å². The summed E-state index contributed by atoms with van der Waals surface area (Å²) in [6.45, 7) is 1.98. The SMILES string of the molecule is CCC[C@@H](c1nn[nH]n1)N1C(=O)[C@@H](CC(=O)O)O[C@H](c2cccc(Cl)c2)[C@@H]1c1ccc(Cl)cc1. The largest absolute Gasteiger partial charge is 0.481 e. The number of benzene rings is 2. The second-order valence-electron chi connectivity index (χ2n) is 8.01. The molecule has 0 saturated carbocycles. The quantitative estimate of drug-likeness (QED) is 0.462. The number of halogens is 2. The topological polar surface area (TPSA) is 121 Å². The maximum Gasteiger partial charge on any atom is 0.306 e. The molecule has 1 aliphatic rings. The summed E-state index contributed by atoms with van der Waals surface area (Å²) in [5.74, 6) is -1.25. The van der Waals surface area contributed by atoms with Crippen LogP contribution in [0.1, 0.15) is 61.3 Å². The third-order valence-electron chi connectivity index (χ3n) is 5.73. The number of aliphatic carboxylic acids is 1. The van der Waals surface area contributed by atoms with Crippen molar-refractivity contribution in [2.45, 2.75) is 50.5 Å². The van der Waals surface area contributed by atoms with Crippen molar-refractivity contribution in [1.82, 2.24) is 25.5 Å². The van der Waals surface area contributed by atoms with Crippen LogP contribution in [0.15, 0.2) is 48.5 Å². The molecule has 1 aliphatic heterocycles. The van der Waals surface area contributed by atoms with E-state index in [9.17, 15) is 14.7 Å². The molecular weight excluding hydrogens is 481 g/mol. The number of H-pyrrole nitrogens is 1. The molecule has 11 heteroatoms. The minimum absolute atomic E-state index is 0.343. The molecule has 1 fully saturated rings. The first-order valence-electron chi connectivity index (χ1n) is 10.8. The van der Waals surface area contributed by atoms with Crippen molar-refractivity contribution in [3.05, 3.63) is 75.5 Å². The Balaban J connectivity index is 1.90. The second-order valence-corrected chi connectivity index (χ2v) is 8.89. The summed E-state index contributed by atoms with van der Waals surface area (Å²) in [7, 11) is 0. The van der Waals surface area contributed by atoms with Gasteiger partial charge in [0, 0.05) is 10.0 Å². The summed E-state index contributed by atoms with van der Waals surface area (Å²) in [5, 5.41) is 24.9. The van der Waals surface area contributed by atoms with Gasteiger partial charge >= 0.3 is 5.97 Å². The van der Waals surface area contributed by atoms with Gasteiger partial charge in [-0.2, -0.15) is 5.21 Å². The highest BCUT2D eigenvalue weighted by Crippen LogP contribution is 2.47. The number of tetrazole rings is 1. The van der Waals surface area contributed by atoms with Crippen LogP contribution in [-0.2, 0) is 14.3 Å². The van der Waals surface area contributed by atoms with E-state index in [1.165, 1.54) is 0 Å². The molecule has 4 atom stereocenters. The molecule has 0 aliphatic carbocycles. The van der Waals surface area contributed by atoms with Gasteiger partial charge < -0.3 is 14.7 Å². The number of aromatic nitrogens is 4. The molecule has 0 unspecified atom stereocenters. The number of rotatable bonds is 8. The van der Waals surface area contributed by atoms with Gasteiger partial charge in [-0.25, -0.2) is 0 Å². The van der Waals surface area contributed by atoms with Crippen LogP contribution in [0.2, 0.25) is 10.0 Å². The van der Waals surface area contributed by atoms with Gasteiger partial charge in [-0.05, 0) is 41.8 Å². The predicted molar refractivity (Wildman–Crippen MR) is 124 cm³/mol. The van der Waals surface area contributed by atoms with E-state index in [0.717, 1.165) is 12.0 Å². The van der Waals surface area contributed by atoms with Crippen LogP contribution < -0.4 is 0 Å². The fourth-order valence-corrected chi connectivity index (χ4v) is 4.64. The van der Waals surface area contributed by atoms with E-state index in [2.05, 4.69) is 20.6 Å². The molecule has 0 spiro atoms. The fourth-order valence-electron chi connectivity index (χ4n) is 4.32. The number of nitrogens with zero attached hydrogens (tertiary/aromatic N) is 4. The minimum atomic E-state index is -1.20. The van der Waals surface area contributed by atoms with Crippen molar-refractivity contribution in [2.24, 2.45) is 0 Å². The molecule has 34 heavy (non-hydrogen) atoms. The van der Waals surface area contributed by atoms with E-state index >= 15 is 0 Å². The van der Waals surface area contributed by atoms with E-state index in [-0.39, 0.29) is 0 Å². The number of ether oxygens (including phenoxy) is 1. The van der Waals surface area contributed by atoms with Crippen LogP contribution in [0.3, 0.4) is 0 Å². The number of hydrogen-bond donors (Lipinski definition) is 2. The van der Waals surface area contributed by atoms with Gasteiger partial charge in [-0.3, -0.25) is 9.59 Å². The Morgan fingerprint density at radius 1 is 1.18 bits per heavy atom. The monoisotopic (exact) mass is 503 g/mol. The molecule has 2 heterocycles. The molecule has 0 radical (unpaired) electrons. The number of carboxylic acids is 1. The molecule has 1 amide bonds. The Hall–Kier alpha value is -3.01. The zero-order valence-electron chi connectivity index (χ0n) is 18.3. The summed E-state index contributed by atoms with van der Waals surface area (Å²) in [5.41, 5.74) is 1.48. The Morgan fingerprint density at radius 2 is 1.94 bits per heavy atom. The normalized spacial score (nSPS) is 21.4. The van der Waals surface area contributed by atoms with Crippen LogP contribution >= 0.6 is 23.2 Å².